The molecule has 2 aliphatic rings. The van der Waals surface area contributed by atoms with E-state index < -0.39 is 5.92 Å². The fourth-order valence-corrected chi connectivity index (χ4v) is 8.30. The summed E-state index contributed by atoms with van der Waals surface area (Å²) in [5, 5.41) is 4.83. The molecule has 1 saturated heterocycles. The van der Waals surface area contributed by atoms with Gasteiger partial charge in [0.1, 0.15) is 5.78 Å². The van der Waals surface area contributed by atoms with E-state index in [1.807, 2.05) is 36.9 Å². The summed E-state index contributed by atoms with van der Waals surface area (Å²) in [5.74, 6) is 2.17. The van der Waals surface area contributed by atoms with Gasteiger partial charge >= 0.3 is 0 Å². The van der Waals surface area contributed by atoms with Crippen molar-refractivity contribution >= 4 is 62.4 Å². The maximum absolute atomic E-state index is 13.8. The number of carbonyl (C=O) groups excluding carboxylic acids is 3. The largest absolute Gasteiger partial charge is 0.353 e. The van der Waals surface area contributed by atoms with Crippen LogP contribution in [0.15, 0.2) is 30.4 Å². The van der Waals surface area contributed by atoms with Crippen molar-refractivity contribution in [3.63, 3.8) is 0 Å². The number of hydrogen-bond acceptors (Lipinski definition) is 7. The Morgan fingerprint density at radius 2 is 1.90 bits per heavy atom. The molecular formula is C32H44ClN3O3S2. The number of Topliss-reactive ketones (excluding diaryl/α,β-unsaturated/α-hetero) is 2. The van der Waals surface area contributed by atoms with Crippen molar-refractivity contribution in [2.24, 2.45) is 11.8 Å². The van der Waals surface area contributed by atoms with Crippen molar-refractivity contribution in [2.45, 2.75) is 83.6 Å². The minimum Gasteiger partial charge on any atom is -0.353 e. The van der Waals surface area contributed by atoms with Crippen LogP contribution in [0.5, 0.6) is 0 Å². The van der Waals surface area contributed by atoms with Crippen LogP contribution in [0, 0.1) is 11.8 Å². The highest BCUT2D eigenvalue weighted by Crippen LogP contribution is 2.31. The van der Waals surface area contributed by atoms with Gasteiger partial charge in [0.15, 0.2) is 5.78 Å². The molecule has 2 fully saturated rings. The summed E-state index contributed by atoms with van der Waals surface area (Å²) in [6, 6.07) is 5.52. The SMILES string of the molecule is C=C(CN1CCSCC1)C(=O)CC[C@@H](NC(=O)[C@@H](CC(=O)CCC)Cc1nc2ccc(Cl)cc2s1)C1CCCCC1. The van der Waals surface area contributed by atoms with E-state index in [1.54, 1.807) is 0 Å². The van der Waals surface area contributed by atoms with Crippen LogP contribution in [0.4, 0.5) is 0 Å². The Kier molecular flexibility index (Phi) is 12.7. The lowest BCUT2D eigenvalue weighted by Crippen LogP contribution is -2.45. The molecule has 0 unspecified atom stereocenters. The molecule has 1 aliphatic heterocycles. The minimum atomic E-state index is -0.487. The quantitative estimate of drug-likeness (QED) is 0.219. The number of hydrogen-bond donors (Lipinski definition) is 1. The Labute approximate surface area is 258 Å². The van der Waals surface area contributed by atoms with Crippen LogP contribution in [0.1, 0.15) is 76.1 Å². The van der Waals surface area contributed by atoms with Crippen LogP contribution in [0.2, 0.25) is 5.02 Å². The molecule has 1 aromatic heterocycles. The van der Waals surface area contributed by atoms with Crippen molar-refractivity contribution in [3.05, 3.63) is 40.4 Å². The van der Waals surface area contributed by atoms with Crippen LogP contribution in [0.25, 0.3) is 10.2 Å². The number of rotatable bonds is 15. The van der Waals surface area contributed by atoms with Gasteiger partial charge in [-0.3, -0.25) is 19.3 Å². The minimum absolute atomic E-state index is 0.0797. The van der Waals surface area contributed by atoms with Gasteiger partial charge in [0.05, 0.1) is 21.1 Å². The maximum atomic E-state index is 13.8. The van der Waals surface area contributed by atoms with E-state index in [-0.39, 0.29) is 29.9 Å². The van der Waals surface area contributed by atoms with Gasteiger partial charge in [-0.2, -0.15) is 11.8 Å². The molecule has 41 heavy (non-hydrogen) atoms. The lowest BCUT2D eigenvalue weighted by molar-refractivity contribution is -0.130. The molecule has 1 saturated carbocycles. The second-order valence-electron chi connectivity index (χ2n) is 11.6. The number of nitrogens with zero attached hydrogens (tertiary/aromatic N) is 2. The number of thiazole rings is 1. The molecule has 1 N–H and O–H groups in total. The molecule has 1 amide bonds. The summed E-state index contributed by atoms with van der Waals surface area (Å²) >= 11 is 9.66. The molecule has 0 spiro atoms. The summed E-state index contributed by atoms with van der Waals surface area (Å²) in [6.07, 6.45) is 8.49. The van der Waals surface area contributed by atoms with Gasteiger partial charge in [-0.25, -0.2) is 4.98 Å². The molecule has 2 aromatic rings. The van der Waals surface area contributed by atoms with Crippen molar-refractivity contribution in [2.75, 3.05) is 31.1 Å². The first-order valence-electron chi connectivity index (χ1n) is 15.2. The van der Waals surface area contributed by atoms with E-state index in [0.29, 0.717) is 48.7 Å². The molecule has 224 valence electrons. The van der Waals surface area contributed by atoms with E-state index in [9.17, 15) is 14.4 Å². The van der Waals surface area contributed by atoms with Gasteiger partial charge in [0.25, 0.3) is 0 Å². The first-order valence-corrected chi connectivity index (χ1v) is 17.6. The van der Waals surface area contributed by atoms with Gasteiger partial charge in [-0.05, 0) is 49.8 Å². The van der Waals surface area contributed by atoms with Crippen LogP contribution < -0.4 is 5.32 Å². The van der Waals surface area contributed by atoms with Gasteiger partial charge in [0, 0.05) is 73.5 Å². The molecule has 1 aliphatic carbocycles. The average molecular weight is 618 g/mol. The Hall–Kier alpha value is -1.74. The predicted octanol–water partition coefficient (Wildman–Crippen LogP) is 6.89. The third-order valence-corrected chi connectivity index (χ3v) is 10.5. The number of fused-ring (bicyclic) bond motifs is 1. The smallest absolute Gasteiger partial charge is 0.224 e. The van der Waals surface area contributed by atoms with Crippen molar-refractivity contribution in [1.82, 2.24) is 15.2 Å². The number of thioether (sulfide) groups is 1. The zero-order valence-corrected chi connectivity index (χ0v) is 26.7. The van der Waals surface area contributed by atoms with Gasteiger partial charge in [-0.15, -0.1) is 11.3 Å². The maximum Gasteiger partial charge on any atom is 0.224 e. The van der Waals surface area contributed by atoms with Gasteiger partial charge < -0.3 is 5.32 Å². The van der Waals surface area contributed by atoms with Crippen LogP contribution >= 0.6 is 34.7 Å². The second-order valence-corrected chi connectivity index (χ2v) is 14.4. The number of amides is 1. The lowest BCUT2D eigenvalue weighted by Gasteiger charge is -2.32. The van der Waals surface area contributed by atoms with E-state index in [2.05, 4.69) is 16.8 Å². The zero-order chi connectivity index (χ0) is 29.2. The summed E-state index contributed by atoms with van der Waals surface area (Å²) < 4.78 is 0.980. The summed E-state index contributed by atoms with van der Waals surface area (Å²) in [6.45, 7) is 8.73. The van der Waals surface area contributed by atoms with Gasteiger partial charge in [0.2, 0.25) is 5.91 Å². The van der Waals surface area contributed by atoms with Crippen LogP contribution in [-0.4, -0.2) is 64.5 Å². The summed E-state index contributed by atoms with van der Waals surface area (Å²) in [5.41, 5.74) is 1.53. The number of ketones is 2. The number of benzene rings is 1. The van der Waals surface area contributed by atoms with Crippen LogP contribution in [-0.2, 0) is 20.8 Å². The molecule has 0 radical (unpaired) electrons. The van der Waals surface area contributed by atoms with Crippen LogP contribution in [0.3, 0.4) is 0 Å². The lowest BCUT2D eigenvalue weighted by atomic mass is 9.81. The van der Waals surface area contributed by atoms with Crippen molar-refractivity contribution in [1.29, 1.82) is 0 Å². The van der Waals surface area contributed by atoms with E-state index >= 15 is 0 Å². The highest BCUT2D eigenvalue weighted by Gasteiger charge is 2.30. The average Bonchev–Trinajstić information content (AvgIpc) is 3.37. The third kappa shape index (κ3) is 9.91. The Bertz CT molecular complexity index is 1200. The Balaban J connectivity index is 1.43. The molecule has 0 bridgehead atoms. The number of carbonyl (C=O) groups is 3. The zero-order valence-electron chi connectivity index (χ0n) is 24.3. The monoisotopic (exact) mass is 617 g/mol. The fourth-order valence-electron chi connectivity index (χ4n) is 6.00. The second kappa shape index (κ2) is 16.2. The highest BCUT2D eigenvalue weighted by atomic mass is 35.5. The Morgan fingerprint density at radius 3 is 2.63 bits per heavy atom. The standard InChI is InChI=1S/C32H44ClN3O3S2/c1-3-7-26(37)18-24(19-31-34-28-11-10-25(33)20-30(28)41-31)32(39)35-27(23-8-5-4-6-9-23)12-13-29(38)22(2)21-36-14-16-40-17-15-36/h10-11,20,23-24,27H,2-9,12-19,21H2,1H3,(H,35,39)/t24-,27+/m0/s1. The topological polar surface area (TPSA) is 79.4 Å². The molecule has 2 atom stereocenters. The summed E-state index contributed by atoms with van der Waals surface area (Å²) in [4.78, 5) is 46.7. The number of aromatic nitrogens is 1. The molecular weight excluding hydrogens is 574 g/mol. The Morgan fingerprint density at radius 1 is 1.15 bits per heavy atom. The number of halogens is 1. The molecule has 2 heterocycles. The normalized spacial score (nSPS) is 18.2. The van der Waals surface area contributed by atoms with Crippen molar-refractivity contribution < 1.29 is 14.4 Å². The first kappa shape index (κ1) is 32.2. The molecule has 1 aromatic carbocycles. The summed E-state index contributed by atoms with van der Waals surface area (Å²) in [7, 11) is 0. The number of nitrogens with one attached hydrogen (secondary N) is 1. The van der Waals surface area contributed by atoms with E-state index in [4.69, 9.17) is 16.6 Å². The highest BCUT2D eigenvalue weighted by molar-refractivity contribution is 7.99. The third-order valence-electron chi connectivity index (χ3n) is 8.33. The van der Waals surface area contributed by atoms with E-state index in [1.165, 1.54) is 17.8 Å². The van der Waals surface area contributed by atoms with E-state index in [0.717, 1.165) is 71.9 Å². The van der Waals surface area contributed by atoms with Gasteiger partial charge in [-0.1, -0.05) is 44.4 Å². The fraction of sp³-hybridized carbons (Fsp3) is 0.625. The molecule has 6 nitrogen and oxygen atoms in total. The molecule has 4 rings (SSSR count). The first-order chi connectivity index (χ1) is 19.8. The predicted molar refractivity (Wildman–Crippen MR) is 172 cm³/mol. The molecule has 9 heteroatoms. The van der Waals surface area contributed by atoms with Crippen molar-refractivity contribution in [3.8, 4) is 0 Å².